The van der Waals surface area contributed by atoms with Crippen molar-refractivity contribution in [3.05, 3.63) is 0 Å². The molecule has 0 spiro atoms. The Balaban J connectivity index is 1.72. The van der Waals surface area contributed by atoms with Gasteiger partial charge in [-0.15, -0.1) is 0 Å². The van der Waals surface area contributed by atoms with Crippen molar-refractivity contribution in [2.75, 3.05) is 33.4 Å². The van der Waals surface area contributed by atoms with E-state index in [1.54, 1.807) is 7.11 Å². The minimum atomic E-state index is 0.0716. The highest BCUT2D eigenvalue weighted by Crippen LogP contribution is 2.31. The lowest BCUT2D eigenvalue weighted by Crippen LogP contribution is -2.43. The van der Waals surface area contributed by atoms with Gasteiger partial charge in [-0.05, 0) is 44.4 Å². The zero-order chi connectivity index (χ0) is 15.9. The third kappa shape index (κ3) is 4.70. The number of hydrogen-bond donors (Lipinski definition) is 1. The Labute approximate surface area is 133 Å². The summed E-state index contributed by atoms with van der Waals surface area (Å²) >= 11 is 0. The van der Waals surface area contributed by atoms with Gasteiger partial charge < -0.3 is 15.0 Å². The number of carbonyl (C=O) groups excluding carboxylic acids is 2. The summed E-state index contributed by atoms with van der Waals surface area (Å²) in [6, 6.07) is 0. The van der Waals surface area contributed by atoms with Gasteiger partial charge in [-0.25, -0.2) is 0 Å². The molecule has 2 amide bonds. The fourth-order valence-corrected chi connectivity index (χ4v) is 3.51. The Bertz CT molecular complexity index is 370. The maximum Gasteiger partial charge on any atom is 0.225 e. The molecule has 2 fully saturated rings. The van der Waals surface area contributed by atoms with Crippen LogP contribution in [0.5, 0.6) is 0 Å². The molecular formula is C17H30N2O3. The van der Waals surface area contributed by atoms with Gasteiger partial charge in [0.1, 0.15) is 0 Å². The van der Waals surface area contributed by atoms with E-state index in [0.717, 1.165) is 57.5 Å². The Hall–Kier alpha value is -1.10. The van der Waals surface area contributed by atoms with Crippen LogP contribution in [0.2, 0.25) is 0 Å². The van der Waals surface area contributed by atoms with Gasteiger partial charge in [0.25, 0.3) is 0 Å². The van der Waals surface area contributed by atoms with E-state index in [1.165, 1.54) is 0 Å². The van der Waals surface area contributed by atoms with Crippen molar-refractivity contribution in [2.45, 2.75) is 45.4 Å². The molecule has 1 aliphatic carbocycles. The van der Waals surface area contributed by atoms with Crippen LogP contribution < -0.4 is 5.32 Å². The van der Waals surface area contributed by atoms with Crippen molar-refractivity contribution >= 4 is 11.8 Å². The molecule has 0 radical (unpaired) electrons. The summed E-state index contributed by atoms with van der Waals surface area (Å²) in [7, 11) is 1.63. The molecule has 0 atom stereocenters. The van der Waals surface area contributed by atoms with Gasteiger partial charge in [-0.3, -0.25) is 9.59 Å². The SMILES string of the molecule is COCCNC(=O)C1CCC(C(=O)N2CCC(C)CC2)CC1. The monoisotopic (exact) mass is 310 g/mol. The zero-order valence-electron chi connectivity index (χ0n) is 14.0. The van der Waals surface area contributed by atoms with Crippen molar-refractivity contribution in [1.29, 1.82) is 0 Å². The van der Waals surface area contributed by atoms with Gasteiger partial charge in [0.2, 0.25) is 11.8 Å². The molecule has 5 heteroatoms. The smallest absolute Gasteiger partial charge is 0.225 e. The first kappa shape index (κ1) is 17.3. The van der Waals surface area contributed by atoms with Crippen molar-refractivity contribution in [3.8, 4) is 0 Å². The van der Waals surface area contributed by atoms with Crippen LogP contribution in [0.4, 0.5) is 0 Å². The van der Waals surface area contributed by atoms with E-state index in [4.69, 9.17) is 4.74 Å². The summed E-state index contributed by atoms with van der Waals surface area (Å²) < 4.78 is 4.94. The van der Waals surface area contributed by atoms with E-state index in [1.807, 2.05) is 4.90 Å². The molecule has 1 heterocycles. The summed E-state index contributed by atoms with van der Waals surface area (Å²) in [5.74, 6) is 1.40. The maximum absolute atomic E-state index is 12.6. The number of ether oxygens (including phenoxy) is 1. The molecule has 126 valence electrons. The quantitative estimate of drug-likeness (QED) is 0.788. The number of hydrogen-bond acceptors (Lipinski definition) is 3. The number of likely N-dealkylation sites (tertiary alicyclic amines) is 1. The van der Waals surface area contributed by atoms with E-state index in [2.05, 4.69) is 12.2 Å². The molecule has 0 aromatic carbocycles. The lowest BCUT2D eigenvalue weighted by Gasteiger charge is -2.35. The number of nitrogens with zero attached hydrogens (tertiary/aromatic N) is 1. The van der Waals surface area contributed by atoms with E-state index >= 15 is 0 Å². The first-order valence-electron chi connectivity index (χ1n) is 8.67. The van der Waals surface area contributed by atoms with Crippen LogP contribution in [-0.4, -0.2) is 50.1 Å². The van der Waals surface area contributed by atoms with E-state index < -0.39 is 0 Å². The average Bonchev–Trinajstić information content (AvgIpc) is 2.55. The predicted octanol–water partition coefficient (Wildman–Crippen LogP) is 1.81. The van der Waals surface area contributed by atoms with E-state index in [-0.39, 0.29) is 17.7 Å². The Kier molecular flexibility index (Phi) is 6.68. The summed E-state index contributed by atoms with van der Waals surface area (Å²) in [5.41, 5.74) is 0. The minimum absolute atomic E-state index is 0.0716. The van der Waals surface area contributed by atoms with Crippen molar-refractivity contribution < 1.29 is 14.3 Å². The van der Waals surface area contributed by atoms with Gasteiger partial charge in [0.05, 0.1) is 6.61 Å². The molecule has 1 N–H and O–H groups in total. The molecule has 22 heavy (non-hydrogen) atoms. The lowest BCUT2D eigenvalue weighted by molar-refractivity contribution is -0.139. The summed E-state index contributed by atoms with van der Waals surface area (Å²) in [6.07, 6.45) is 5.63. The normalized spacial score (nSPS) is 26.7. The largest absolute Gasteiger partial charge is 0.383 e. The Morgan fingerprint density at radius 2 is 1.64 bits per heavy atom. The van der Waals surface area contributed by atoms with Gasteiger partial charge >= 0.3 is 0 Å². The summed E-state index contributed by atoms with van der Waals surface area (Å²) in [6.45, 7) is 5.21. The molecule has 2 aliphatic rings. The first-order valence-corrected chi connectivity index (χ1v) is 8.67. The van der Waals surface area contributed by atoms with Gasteiger partial charge in [-0.1, -0.05) is 6.92 Å². The van der Waals surface area contributed by atoms with Crippen LogP contribution in [0.25, 0.3) is 0 Å². The lowest BCUT2D eigenvalue weighted by atomic mass is 9.80. The van der Waals surface area contributed by atoms with Crippen LogP contribution in [0, 0.1) is 17.8 Å². The zero-order valence-corrected chi connectivity index (χ0v) is 14.0. The molecule has 1 saturated carbocycles. The number of rotatable bonds is 5. The summed E-state index contributed by atoms with van der Waals surface area (Å²) in [4.78, 5) is 26.6. The molecule has 0 aromatic heterocycles. The topological polar surface area (TPSA) is 58.6 Å². The Morgan fingerprint density at radius 3 is 2.23 bits per heavy atom. The van der Waals surface area contributed by atoms with Crippen LogP contribution in [0.1, 0.15) is 45.4 Å². The Morgan fingerprint density at radius 1 is 1.05 bits per heavy atom. The van der Waals surface area contributed by atoms with Crippen LogP contribution >= 0.6 is 0 Å². The predicted molar refractivity (Wildman–Crippen MR) is 85.3 cm³/mol. The fraction of sp³-hybridized carbons (Fsp3) is 0.882. The molecule has 0 bridgehead atoms. The fourth-order valence-electron chi connectivity index (χ4n) is 3.51. The number of piperidine rings is 1. The maximum atomic E-state index is 12.6. The molecule has 0 aromatic rings. The highest BCUT2D eigenvalue weighted by atomic mass is 16.5. The number of amides is 2. The second-order valence-electron chi connectivity index (χ2n) is 6.84. The molecule has 0 unspecified atom stereocenters. The molecule has 2 rings (SSSR count). The van der Waals surface area contributed by atoms with E-state index in [0.29, 0.717) is 19.1 Å². The van der Waals surface area contributed by atoms with Crippen molar-refractivity contribution in [2.24, 2.45) is 17.8 Å². The van der Waals surface area contributed by atoms with E-state index in [9.17, 15) is 9.59 Å². The van der Waals surface area contributed by atoms with Gasteiger partial charge in [-0.2, -0.15) is 0 Å². The third-order valence-corrected chi connectivity index (χ3v) is 5.15. The first-order chi connectivity index (χ1) is 10.6. The molecule has 1 saturated heterocycles. The average molecular weight is 310 g/mol. The van der Waals surface area contributed by atoms with Gasteiger partial charge in [0, 0.05) is 38.6 Å². The van der Waals surface area contributed by atoms with Crippen molar-refractivity contribution in [1.82, 2.24) is 10.2 Å². The van der Waals surface area contributed by atoms with Gasteiger partial charge in [0.15, 0.2) is 0 Å². The number of nitrogens with one attached hydrogen (secondary N) is 1. The third-order valence-electron chi connectivity index (χ3n) is 5.15. The second-order valence-corrected chi connectivity index (χ2v) is 6.84. The summed E-state index contributed by atoms with van der Waals surface area (Å²) in [5, 5.41) is 2.91. The highest BCUT2D eigenvalue weighted by Gasteiger charge is 2.32. The highest BCUT2D eigenvalue weighted by molar-refractivity contribution is 5.81. The molecule has 5 nitrogen and oxygen atoms in total. The van der Waals surface area contributed by atoms with Crippen LogP contribution in [0.15, 0.2) is 0 Å². The minimum Gasteiger partial charge on any atom is -0.383 e. The second kappa shape index (κ2) is 8.51. The van der Waals surface area contributed by atoms with Crippen LogP contribution in [0.3, 0.4) is 0 Å². The van der Waals surface area contributed by atoms with Crippen molar-refractivity contribution in [3.63, 3.8) is 0 Å². The molecular weight excluding hydrogens is 280 g/mol. The van der Waals surface area contributed by atoms with Crippen LogP contribution in [-0.2, 0) is 14.3 Å². The molecule has 1 aliphatic heterocycles. The number of carbonyl (C=O) groups is 2. The standard InChI is InChI=1S/C17H30N2O3/c1-13-7-10-19(11-8-13)17(21)15-5-3-14(4-6-15)16(20)18-9-12-22-2/h13-15H,3-12H2,1-2H3,(H,18,20). The number of methoxy groups -OCH3 is 1.